The molecule has 0 radical (unpaired) electrons. The summed E-state index contributed by atoms with van der Waals surface area (Å²) >= 11 is 9.49. The van der Waals surface area contributed by atoms with Crippen LogP contribution in [0.2, 0.25) is 5.02 Å². The van der Waals surface area contributed by atoms with E-state index in [0.717, 1.165) is 0 Å². The average molecular weight is 514 g/mol. The molecule has 0 saturated carbocycles. The first-order chi connectivity index (χ1) is 15.3. The molecule has 2 aromatic carbocycles. The van der Waals surface area contributed by atoms with Crippen LogP contribution in [-0.2, 0) is 0 Å². The molecular formula is C22H18BrClN6O2. The number of nitrogens with one attached hydrogen (secondary N) is 1. The van der Waals surface area contributed by atoms with Crippen LogP contribution in [0.15, 0.2) is 64.0 Å². The fraction of sp³-hybridized carbons (Fsp3) is 0.0909. The maximum Gasteiger partial charge on any atom is 0.274 e. The smallest absolute Gasteiger partial charge is 0.274 e. The number of rotatable bonds is 4. The fourth-order valence-corrected chi connectivity index (χ4v) is 3.98. The van der Waals surface area contributed by atoms with E-state index in [1.807, 2.05) is 36.4 Å². The highest BCUT2D eigenvalue weighted by atomic mass is 79.9. The van der Waals surface area contributed by atoms with E-state index in [-0.39, 0.29) is 27.5 Å². The molecule has 10 heteroatoms. The minimum atomic E-state index is -0.587. The molecule has 1 atom stereocenters. The van der Waals surface area contributed by atoms with E-state index in [9.17, 15) is 9.59 Å². The van der Waals surface area contributed by atoms with Gasteiger partial charge in [0.15, 0.2) is 17.3 Å². The summed E-state index contributed by atoms with van der Waals surface area (Å²) in [6.45, 7) is 1.76. The molecule has 0 saturated heterocycles. The second-order valence-electron chi connectivity index (χ2n) is 7.08. The zero-order valence-electron chi connectivity index (χ0n) is 16.8. The summed E-state index contributed by atoms with van der Waals surface area (Å²) in [6.07, 6.45) is 0. The number of carbonyl (C=O) groups is 1. The van der Waals surface area contributed by atoms with Gasteiger partial charge in [-0.15, -0.1) is 0 Å². The largest absolute Gasteiger partial charge is 0.382 e. The Bertz CT molecular complexity index is 1410. The van der Waals surface area contributed by atoms with Gasteiger partial charge in [-0.3, -0.25) is 14.2 Å². The predicted molar refractivity (Wildman–Crippen MR) is 129 cm³/mol. The molecule has 2 heterocycles. The molecule has 0 aliphatic carbocycles. The van der Waals surface area contributed by atoms with Crippen molar-refractivity contribution in [1.29, 1.82) is 0 Å². The minimum Gasteiger partial charge on any atom is -0.382 e. The fourth-order valence-electron chi connectivity index (χ4n) is 3.45. The zero-order chi connectivity index (χ0) is 23.0. The molecule has 162 valence electrons. The molecule has 1 amide bonds. The molecule has 4 aromatic rings. The number of amides is 1. The number of hydrogen-bond acceptors (Lipinski definition) is 6. The minimum absolute atomic E-state index is 0.0737. The van der Waals surface area contributed by atoms with Crippen molar-refractivity contribution in [3.8, 4) is 5.69 Å². The molecule has 0 unspecified atom stereocenters. The molecule has 32 heavy (non-hydrogen) atoms. The quantitative estimate of drug-likeness (QED) is 0.380. The van der Waals surface area contributed by atoms with Gasteiger partial charge >= 0.3 is 0 Å². The van der Waals surface area contributed by atoms with Crippen molar-refractivity contribution >= 4 is 55.8 Å². The van der Waals surface area contributed by atoms with Gasteiger partial charge in [-0.25, -0.2) is 9.97 Å². The van der Waals surface area contributed by atoms with Crippen LogP contribution < -0.4 is 22.3 Å². The molecule has 5 N–H and O–H groups in total. The van der Waals surface area contributed by atoms with E-state index in [1.165, 1.54) is 4.57 Å². The number of aromatic nitrogens is 3. The summed E-state index contributed by atoms with van der Waals surface area (Å²) in [5.41, 5.74) is 12.3. The lowest BCUT2D eigenvalue weighted by atomic mass is 10.1. The number of fused-ring (bicyclic) bond motifs is 1. The number of pyridine rings is 1. The average Bonchev–Trinajstić information content (AvgIpc) is 2.76. The van der Waals surface area contributed by atoms with Crippen LogP contribution in [0.1, 0.15) is 29.1 Å². The Hall–Kier alpha value is -3.43. The van der Waals surface area contributed by atoms with Crippen molar-refractivity contribution in [3.05, 3.63) is 86.0 Å². The lowest BCUT2D eigenvalue weighted by Crippen LogP contribution is -2.33. The molecular weight excluding hydrogens is 496 g/mol. The van der Waals surface area contributed by atoms with Gasteiger partial charge in [-0.05, 0) is 52.5 Å². The van der Waals surface area contributed by atoms with Crippen molar-refractivity contribution in [1.82, 2.24) is 19.9 Å². The number of benzene rings is 2. The lowest BCUT2D eigenvalue weighted by molar-refractivity contribution is 0.0934. The monoisotopic (exact) mass is 512 g/mol. The van der Waals surface area contributed by atoms with Crippen LogP contribution in [-0.4, -0.2) is 20.4 Å². The van der Waals surface area contributed by atoms with Gasteiger partial charge in [0.2, 0.25) is 0 Å². The van der Waals surface area contributed by atoms with Crippen molar-refractivity contribution in [2.75, 3.05) is 11.5 Å². The van der Waals surface area contributed by atoms with Crippen molar-refractivity contribution in [2.45, 2.75) is 13.0 Å². The van der Waals surface area contributed by atoms with Crippen LogP contribution in [0.5, 0.6) is 0 Å². The molecule has 4 rings (SSSR count). The molecule has 0 fully saturated rings. The van der Waals surface area contributed by atoms with E-state index in [4.69, 9.17) is 23.1 Å². The molecule has 0 aliphatic rings. The van der Waals surface area contributed by atoms with Gasteiger partial charge in [-0.2, -0.15) is 0 Å². The number of anilines is 2. The van der Waals surface area contributed by atoms with E-state index >= 15 is 0 Å². The van der Waals surface area contributed by atoms with Crippen LogP contribution in [0.3, 0.4) is 0 Å². The van der Waals surface area contributed by atoms with Gasteiger partial charge < -0.3 is 16.8 Å². The Morgan fingerprint density at radius 2 is 1.81 bits per heavy atom. The standard InChI is InChI=1S/C22H18BrClN6O2/c1-11(27-21(31)17-19(25)29-20(26)18(23)28-17)15-10-12-6-5-9-14(24)16(12)22(32)30(15)13-7-3-2-4-8-13/h2-11H,1H3,(H,27,31)(H4,25,26,29)/t11-/m0/s1. The molecule has 0 spiro atoms. The number of nitrogens with two attached hydrogens (primary N) is 2. The summed E-state index contributed by atoms with van der Waals surface area (Å²) < 4.78 is 1.75. The molecule has 2 aromatic heterocycles. The highest BCUT2D eigenvalue weighted by Gasteiger charge is 2.22. The Balaban J connectivity index is 1.84. The van der Waals surface area contributed by atoms with E-state index < -0.39 is 11.9 Å². The summed E-state index contributed by atoms with van der Waals surface area (Å²) in [5.74, 6) is -0.570. The summed E-state index contributed by atoms with van der Waals surface area (Å²) in [7, 11) is 0. The third-order valence-corrected chi connectivity index (χ3v) is 5.85. The maximum atomic E-state index is 13.5. The van der Waals surface area contributed by atoms with Crippen molar-refractivity contribution < 1.29 is 4.79 Å². The summed E-state index contributed by atoms with van der Waals surface area (Å²) in [6, 6.07) is 15.6. The number of para-hydroxylation sites is 1. The third-order valence-electron chi connectivity index (χ3n) is 4.95. The van der Waals surface area contributed by atoms with E-state index in [2.05, 4.69) is 31.2 Å². The number of nitrogens with zero attached hydrogens (tertiary/aromatic N) is 3. The summed E-state index contributed by atoms with van der Waals surface area (Å²) in [5, 5.41) is 4.27. The number of carbonyl (C=O) groups excluding carboxylic acids is 1. The molecule has 0 bridgehead atoms. The second kappa shape index (κ2) is 8.60. The van der Waals surface area contributed by atoms with E-state index in [1.54, 1.807) is 25.1 Å². The highest BCUT2D eigenvalue weighted by molar-refractivity contribution is 9.10. The van der Waals surface area contributed by atoms with Crippen molar-refractivity contribution in [3.63, 3.8) is 0 Å². The van der Waals surface area contributed by atoms with Gasteiger partial charge in [0.05, 0.1) is 16.5 Å². The van der Waals surface area contributed by atoms with Gasteiger partial charge in [-0.1, -0.05) is 41.9 Å². The summed E-state index contributed by atoms with van der Waals surface area (Å²) in [4.78, 5) is 34.4. The second-order valence-corrected chi connectivity index (χ2v) is 8.24. The first-order valence-electron chi connectivity index (χ1n) is 9.57. The Morgan fingerprint density at radius 1 is 1.09 bits per heavy atom. The van der Waals surface area contributed by atoms with Crippen molar-refractivity contribution in [2.24, 2.45) is 0 Å². The Kier molecular flexibility index (Phi) is 5.86. The number of hydrogen-bond donors (Lipinski definition) is 3. The van der Waals surface area contributed by atoms with Crippen LogP contribution >= 0.6 is 27.5 Å². The number of halogens is 2. The third kappa shape index (κ3) is 3.92. The SMILES string of the molecule is C[C@H](NC(=O)c1nc(Br)c(N)nc1N)c1cc2cccc(Cl)c2c(=O)n1-c1ccccc1. The van der Waals surface area contributed by atoms with E-state index in [0.29, 0.717) is 27.2 Å². The zero-order valence-corrected chi connectivity index (χ0v) is 19.2. The number of nitrogen functional groups attached to an aromatic ring is 2. The highest BCUT2D eigenvalue weighted by Crippen LogP contribution is 2.26. The van der Waals surface area contributed by atoms with Crippen LogP contribution in [0.25, 0.3) is 16.5 Å². The normalized spacial score (nSPS) is 12.0. The van der Waals surface area contributed by atoms with Gasteiger partial charge in [0, 0.05) is 11.4 Å². The predicted octanol–water partition coefficient (Wildman–Crippen LogP) is 3.85. The van der Waals surface area contributed by atoms with Crippen LogP contribution in [0.4, 0.5) is 11.6 Å². The first-order valence-corrected chi connectivity index (χ1v) is 10.7. The molecule has 0 aliphatic heterocycles. The van der Waals surface area contributed by atoms with Gasteiger partial charge in [0.25, 0.3) is 11.5 Å². The topological polar surface area (TPSA) is 129 Å². The lowest BCUT2D eigenvalue weighted by Gasteiger charge is -2.21. The molecule has 8 nitrogen and oxygen atoms in total. The maximum absolute atomic E-state index is 13.5. The first kappa shape index (κ1) is 21.8. The van der Waals surface area contributed by atoms with Gasteiger partial charge in [0.1, 0.15) is 4.60 Å². The Morgan fingerprint density at radius 3 is 2.53 bits per heavy atom. The van der Waals surface area contributed by atoms with Crippen LogP contribution in [0, 0.1) is 0 Å². The Labute approximate surface area is 196 Å².